The smallest absolute Gasteiger partial charge is 0.356 e. The highest BCUT2D eigenvalue weighted by atomic mass is 127. The number of carbonyl (C=O) groups excluding carboxylic acids is 1. The van der Waals surface area contributed by atoms with Crippen molar-refractivity contribution in [2.75, 3.05) is 7.11 Å². The Kier molecular flexibility index (Phi) is 3.89. The molecule has 1 aromatic heterocycles. The number of methoxy groups -OCH3 is 1. The van der Waals surface area contributed by atoms with E-state index in [9.17, 15) is 18.0 Å². The fourth-order valence-corrected chi connectivity index (χ4v) is 1.44. The molecule has 0 saturated heterocycles. The predicted molar refractivity (Wildman–Crippen MR) is 53.2 cm³/mol. The summed E-state index contributed by atoms with van der Waals surface area (Å²) in [6.45, 7) is 0. The van der Waals surface area contributed by atoms with Gasteiger partial charge in [0.15, 0.2) is 5.82 Å². The Morgan fingerprint density at radius 2 is 2.20 bits per heavy atom. The Labute approximate surface area is 96.8 Å². The third kappa shape index (κ3) is 2.58. The molecule has 0 aromatic carbocycles. The summed E-state index contributed by atoms with van der Waals surface area (Å²) in [4.78, 5) is 14.2. The summed E-state index contributed by atoms with van der Waals surface area (Å²) in [6.07, 6.45) is -3.07. The van der Waals surface area contributed by atoms with Crippen molar-refractivity contribution in [3.8, 4) is 0 Å². The minimum Gasteiger partial charge on any atom is -0.464 e. The van der Waals surface area contributed by atoms with Crippen LogP contribution in [0.3, 0.4) is 0 Å². The van der Waals surface area contributed by atoms with Gasteiger partial charge in [-0.1, -0.05) is 0 Å². The fourth-order valence-electron chi connectivity index (χ4n) is 0.871. The molecule has 0 aliphatic heterocycles. The second kappa shape index (κ2) is 4.77. The predicted octanol–water partition coefficient (Wildman–Crippen LogP) is 2.55. The van der Waals surface area contributed by atoms with Crippen LogP contribution < -0.4 is 0 Å². The molecule has 1 aromatic rings. The van der Waals surface area contributed by atoms with Crippen molar-refractivity contribution < 1.29 is 22.7 Å². The standard InChI is InChI=1S/C8H5F3INO2/c1-15-8(14)4-2-3(12)5(9)6(13-4)7(10)11/h2,7H,1H3. The first kappa shape index (κ1) is 12.2. The number of alkyl halides is 2. The van der Waals surface area contributed by atoms with Crippen molar-refractivity contribution in [1.82, 2.24) is 4.98 Å². The van der Waals surface area contributed by atoms with E-state index in [1.54, 1.807) is 0 Å². The van der Waals surface area contributed by atoms with Crippen LogP contribution in [-0.2, 0) is 4.74 Å². The molecular formula is C8H5F3INO2. The molecule has 0 aliphatic rings. The molecule has 15 heavy (non-hydrogen) atoms. The van der Waals surface area contributed by atoms with E-state index in [0.29, 0.717) is 0 Å². The van der Waals surface area contributed by atoms with Crippen LogP contribution in [-0.4, -0.2) is 18.1 Å². The molecule has 0 atom stereocenters. The van der Waals surface area contributed by atoms with Crippen LogP contribution in [0, 0.1) is 9.39 Å². The van der Waals surface area contributed by atoms with Crippen LogP contribution in [0.1, 0.15) is 22.6 Å². The average Bonchev–Trinajstić information content (AvgIpc) is 2.20. The second-order valence-electron chi connectivity index (χ2n) is 2.48. The van der Waals surface area contributed by atoms with Crippen LogP contribution >= 0.6 is 22.6 Å². The first-order chi connectivity index (χ1) is 6.97. The summed E-state index contributed by atoms with van der Waals surface area (Å²) in [7, 11) is 1.09. The first-order valence-corrected chi connectivity index (χ1v) is 4.77. The van der Waals surface area contributed by atoms with Gasteiger partial charge in [-0.25, -0.2) is 22.9 Å². The molecule has 0 amide bonds. The first-order valence-electron chi connectivity index (χ1n) is 3.69. The molecule has 0 radical (unpaired) electrons. The highest BCUT2D eigenvalue weighted by Gasteiger charge is 2.21. The van der Waals surface area contributed by atoms with Crippen molar-refractivity contribution in [3.05, 3.63) is 26.8 Å². The summed E-state index contributed by atoms with van der Waals surface area (Å²) in [5.74, 6) is -1.99. The van der Waals surface area contributed by atoms with Gasteiger partial charge in [-0.2, -0.15) is 0 Å². The number of carbonyl (C=O) groups is 1. The van der Waals surface area contributed by atoms with Gasteiger partial charge in [0.05, 0.1) is 10.7 Å². The molecule has 0 aliphatic carbocycles. The topological polar surface area (TPSA) is 39.2 Å². The van der Waals surface area contributed by atoms with Gasteiger partial charge >= 0.3 is 5.97 Å². The monoisotopic (exact) mass is 331 g/mol. The van der Waals surface area contributed by atoms with Crippen LogP contribution in [0.25, 0.3) is 0 Å². The molecule has 0 unspecified atom stereocenters. The fraction of sp³-hybridized carbons (Fsp3) is 0.250. The van der Waals surface area contributed by atoms with E-state index in [2.05, 4.69) is 9.72 Å². The number of hydrogen-bond acceptors (Lipinski definition) is 3. The summed E-state index contributed by atoms with van der Waals surface area (Å²) in [5.41, 5.74) is -1.37. The molecule has 0 N–H and O–H groups in total. The van der Waals surface area contributed by atoms with Crippen molar-refractivity contribution in [3.63, 3.8) is 0 Å². The molecule has 3 nitrogen and oxygen atoms in total. The largest absolute Gasteiger partial charge is 0.464 e. The number of hydrogen-bond donors (Lipinski definition) is 0. The zero-order chi connectivity index (χ0) is 11.6. The second-order valence-corrected chi connectivity index (χ2v) is 3.64. The maximum Gasteiger partial charge on any atom is 0.356 e. The number of ether oxygens (including phenoxy) is 1. The van der Waals surface area contributed by atoms with Gasteiger partial charge in [0.2, 0.25) is 0 Å². The number of esters is 1. The number of rotatable bonds is 2. The highest BCUT2D eigenvalue weighted by molar-refractivity contribution is 14.1. The van der Waals surface area contributed by atoms with Gasteiger partial charge in [-0.3, -0.25) is 0 Å². The van der Waals surface area contributed by atoms with E-state index < -0.39 is 23.9 Å². The molecule has 1 rings (SSSR count). The van der Waals surface area contributed by atoms with Crippen LogP contribution in [0.5, 0.6) is 0 Å². The van der Waals surface area contributed by atoms with Gasteiger partial charge in [-0.05, 0) is 28.7 Å². The SMILES string of the molecule is COC(=O)c1cc(I)c(F)c(C(F)F)n1. The van der Waals surface area contributed by atoms with Crippen LogP contribution in [0.15, 0.2) is 6.07 Å². The normalized spacial score (nSPS) is 10.5. The summed E-state index contributed by atoms with van der Waals surface area (Å²) >= 11 is 1.50. The lowest BCUT2D eigenvalue weighted by Crippen LogP contribution is -2.09. The number of pyridine rings is 1. The molecule has 0 spiro atoms. The Morgan fingerprint density at radius 1 is 1.60 bits per heavy atom. The molecule has 7 heteroatoms. The van der Waals surface area contributed by atoms with Gasteiger partial charge in [0.25, 0.3) is 6.43 Å². The zero-order valence-corrected chi connectivity index (χ0v) is 9.59. The third-order valence-corrected chi connectivity index (χ3v) is 2.33. The number of halogens is 4. The Morgan fingerprint density at radius 3 is 2.67 bits per heavy atom. The number of aromatic nitrogens is 1. The molecule has 82 valence electrons. The van der Waals surface area contributed by atoms with Crippen molar-refractivity contribution in [1.29, 1.82) is 0 Å². The Hall–Kier alpha value is -0.860. The average molecular weight is 331 g/mol. The van der Waals surface area contributed by atoms with E-state index in [1.807, 2.05) is 0 Å². The van der Waals surface area contributed by atoms with Crippen molar-refractivity contribution >= 4 is 28.6 Å². The van der Waals surface area contributed by atoms with E-state index in [1.165, 1.54) is 22.6 Å². The van der Waals surface area contributed by atoms with Crippen LogP contribution in [0.4, 0.5) is 13.2 Å². The van der Waals surface area contributed by atoms with Gasteiger partial charge in [-0.15, -0.1) is 0 Å². The van der Waals surface area contributed by atoms with E-state index in [-0.39, 0.29) is 9.26 Å². The molecule has 0 fully saturated rings. The number of nitrogens with zero attached hydrogens (tertiary/aromatic N) is 1. The van der Waals surface area contributed by atoms with E-state index in [0.717, 1.165) is 13.2 Å². The lowest BCUT2D eigenvalue weighted by Gasteiger charge is -2.05. The van der Waals surface area contributed by atoms with E-state index >= 15 is 0 Å². The van der Waals surface area contributed by atoms with Gasteiger partial charge in [0.1, 0.15) is 11.4 Å². The minimum absolute atomic E-state index is 0.0988. The Balaban J connectivity index is 3.29. The lowest BCUT2D eigenvalue weighted by molar-refractivity contribution is 0.0591. The molecule has 0 saturated carbocycles. The van der Waals surface area contributed by atoms with Crippen LogP contribution in [0.2, 0.25) is 0 Å². The summed E-state index contributed by atoms with van der Waals surface area (Å²) in [5, 5.41) is 0. The maximum atomic E-state index is 13.1. The molecular weight excluding hydrogens is 326 g/mol. The maximum absolute atomic E-state index is 13.1. The highest BCUT2D eigenvalue weighted by Crippen LogP contribution is 2.24. The van der Waals surface area contributed by atoms with Crippen molar-refractivity contribution in [2.45, 2.75) is 6.43 Å². The van der Waals surface area contributed by atoms with Crippen molar-refractivity contribution in [2.24, 2.45) is 0 Å². The third-order valence-electron chi connectivity index (χ3n) is 1.54. The minimum atomic E-state index is -3.07. The van der Waals surface area contributed by atoms with Gasteiger partial charge in [0, 0.05) is 0 Å². The lowest BCUT2D eigenvalue weighted by atomic mass is 10.3. The Bertz CT molecular complexity index is 398. The molecule has 1 heterocycles. The summed E-state index contributed by atoms with van der Waals surface area (Å²) in [6, 6.07) is 1.05. The van der Waals surface area contributed by atoms with E-state index in [4.69, 9.17) is 0 Å². The molecule has 0 bridgehead atoms. The van der Waals surface area contributed by atoms with Gasteiger partial charge < -0.3 is 4.74 Å². The zero-order valence-electron chi connectivity index (χ0n) is 7.43. The quantitative estimate of drug-likeness (QED) is 0.618. The summed E-state index contributed by atoms with van der Waals surface area (Å²) < 4.78 is 41.9.